The van der Waals surface area contributed by atoms with Crippen LogP contribution in [0.15, 0.2) is 109 Å². The zero-order chi connectivity index (χ0) is 30.3. The van der Waals surface area contributed by atoms with Gasteiger partial charge < -0.3 is 0 Å². The summed E-state index contributed by atoms with van der Waals surface area (Å²) >= 11 is 3.36. The minimum atomic E-state index is -3.41. The highest BCUT2D eigenvalue weighted by Crippen LogP contribution is 2.25. The van der Waals surface area contributed by atoms with E-state index in [0.717, 1.165) is 10.9 Å². The first kappa shape index (κ1) is 33.2. The minimum absolute atomic E-state index is 0.00361. The average molecular weight is 653 g/mol. The van der Waals surface area contributed by atoms with Crippen LogP contribution in [0, 0.1) is 13.1 Å². The summed E-state index contributed by atoms with van der Waals surface area (Å²) in [6, 6.07) is 32.9. The number of benzene rings is 4. The van der Waals surface area contributed by atoms with Gasteiger partial charge >= 0.3 is 0 Å². The minimum Gasteiger partial charge on any atom is -0.267 e. The Morgan fingerprint density at radius 3 is 1.61 bits per heavy atom. The van der Waals surface area contributed by atoms with Crippen molar-refractivity contribution >= 4 is 52.9 Å². The lowest BCUT2D eigenvalue weighted by atomic mass is 10.2. The van der Waals surface area contributed by atoms with E-state index in [1.807, 2.05) is 48.5 Å². The highest BCUT2D eigenvalue weighted by atomic mass is 79.9. The number of sulfone groups is 1. The smallest absolute Gasteiger partial charge is 0.232 e. The Kier molecular flexibility index (Phi) is 13.2. The lowest BCUT2D eigenvalue weighted by molar-refractivity contribution is 0.596. The Labute approximate surface area is 251 Å². The Hall–Kier alpha value is -3.96. The molecular weight excluding hydrogens is 622 g/mol. The summed E-state index contributed by atoms with van der Waals surface area (Å²) < 4.78 is 47.1. The molecule has 0 N–H and O–H groups in total. The molecular formula is C31H30BrN3O4S2. The first-order valence-corrected chi connectivity index (χ1v) is 17.2. The molecule has 10 heteroatoms. The summed E-state index contributed by atoms with van der Waals surface area (Å²) in [6.45, 7) is 14.0. The third-order valence-corrected chi connectivity index (χ3v) is 7.93. The van der Waals surface area contributed by atoms with Gasteiger partial charge in [0.25, 0.3) is 0 Å². The summed E-state index contributed by atoms with van der Waals surface area (Å²) in [5.74, 6) is -0.00361. The van der Waals surface area contributed by atoms with Gasteiger partial charge in [-0.1, -0.05) is 113 Å². The summed E-state index contributed by atoms with van der Waals surface area (Å²) in [6.07, 6.45) is 2.35. The van der Waals surface area contributed by atoms with Crippen molar-refractivity contribution < 1.29 is 16.8 Å². The molecule has 0 spiro atoms. The van der Waals surface area contributed by atoms with E-state index in [4.69, 9.17) is 13.1 Å². The molecule has 0 bridgehead atoms. The van der Waals surface area contributed by atoms with Gasteiger partial charge in [0, 0.05) is 17.3 Å². The van der Waals surface area contributed by atoms with Crippen molar-refractivity contribution in [1.29, 1.82) is 0 Å². The van der Waals surface area contributed by atoms with Crippen LogP contribution in [-0.4, -0.2) is 29.3 Å². The Balaban J connectivity index is 0.000000239. The van der Waals surface area contributed by atoms with Crippen LogP contribution in [0.3, 0.4) is 0 Å². The van der Waals surface area contributed by atoms with E-state index in [2.05, 4.69) is 37.8 Å². The van der Waals surface area contributed by atoms with Crippen molar-refractivity contribution in [1.82, 2.24) is 0 Å². The molecule has 0 amide bonds. The molecule has 0 radical (unpaired) electrons. The van der Waals surface area contributed by atoms with Gasteiger partial charge in [-0.25, -0.2) is 26.5 Å². The molecule has 4 rings (SSSR count). The van der Waals surface area contributed by atoms with E-state index < -0.39 is 19.9 Å². The summed E-state index contributed by atoms with van der Waals surface area (Å²) in [7, 11) is -6.42. The number of hydrogen-bond donors (Lipinski definition) is 0. The van der Waals surface area contributed by atoms with Crippen molar-refractivity contribution in [3.63, 3.8) is 0 Å². The summed E-state index contributed by atoms with van der Waals surface area (Å²) in [4.78, 5) is 6.55. The number of sulfonamides is 1. The Morgan fingerprint density at radius 1 is 0.659 bits per heavy atom. The molecule has 0 saturated heterocycles. The molecule has 0 atom stereocenters. The maximum atomic E-state index is 12.0. The zero-order valence-corrected chi connectivity index (χ0v) is 25.9. The maximum absolute atomic E-state index is 12.0. The van der Waals surface area contributed by atoms with Crippen molar-refractivity contribution in [2.45, 2.75) is 17.6 Å². The third kappa shape index (κ3) is 12.8. The fraction of sp³-hybridized carbons (Fsp3) is 0.161. The predicted molar refractivity (Wildman–Crippen MR) is 170 cm³/mol. The van der Waals surface area contributed by atoms with Gasteiger partial charge in [0.15, 0.2) is 21.2 Å². The molecule has 41 heavy (non-hydrogen) atoms. The second-order valence-corrected chi connectivity index (χ2v) is 13.5. The van der Waals surface area contributed by atoms with E-state index in [-0.39, 0.29) is 12.3 Å². The molecule has 0 aliphatic carbocycles. The van der Waals surface area contributed by atoms with Crippen molar-refractivity contribution in [2.75, 3.05) is 16.8 Å². The maximum Gasteiger partial charge on any atom is 0.232 e. The molecule has 0 saturated carbocycles. The lowest BCUT2D eigenvalue weighted by Crippen LogP contribution is -2.29. The van der Waals surface area contributed by atoms with Gasteiger partial charge in [0.1, 0.15) is 0 Å². The molecule has 0 fully saturated rings. The van der Waals surface area contributed by atoms with Crippen LogP contribution in [0.25, 0.3) is 9.69 Å². The monoisotopic (exact) mass is 651 g/mol. The predicted octanol–water partition coefficient (Wildman–Crippen LogP) is 7.57. The molecule has 0 aliphatic heterocycles. The number of hydrogen-bond acceptors (Lipinski definition) is 4. The fourth-order valence-electron chi connectivity index (χ4n) is 3.45. The van der Waals surface area contributed by atoms with E-state index in [9.17, 15) is 16.8 Å². The third-order valence-electron chi connectivity index (χ3n) is 5.28. The highest BCUT2D eigenvalue weighted by Gasteiger charge is 2.18. The second kappa shape index (κ2) is 16.3. The van der Waals surface area contributed by atoms with Crippen molar-refractivity contribution in [2.24, 2.45) is 0 Å². The van der Waals surface area contributed by atoms with Crippen LogP contribution in [0.5, 0.6) is 0 Å². The van der Waals surface area contributed by atoms with E-state index >= 15 is 0 Å². The van der Waals surface area contributed by atoms with Gasteiger partial charge in [-0.05, 0) is 28.8 Å². The first-order valence-electron chi connectivity index (χ1n) is 12.2. The van der Waals surface area contributed by atoms with Gasteiger partial charge in [-0.2, -0.15) is 0 Å². The molecule has 0 unspecified atom stereocenters. The molecule has 4 aromatic carbocycles. The molecule has 0 heterocycles. The topological polar surface area (TPSA) is 80.2 Å². The number of rotatable bonds is 7. The molecule has 0 aromatic heterocycles. The Bertz CT molecular complexity index is 1700. The van der Waals surface area contributed by atoms with Crippen LogP contribution in [0.2, 0.25) is 0 Å². The quantitative estimate of drug-likeness (QED) is 0.152. The number of anilines is 1. The van der Waals surface area contributed by atoms with Crippen LogP contribution in [0.4, 0.5) is 17.1 Å². The van der Waals surface area contributed by atoms with Gasteiger partial charge in [-0.15, -0.1) is 0 Å². The van der Waals surface area contributed by atoms with E-state index in [1.54, 1.807) is 48.5 Å². The normalized spacial score (nSPS) is 10.5. The number of alkyl halides is 1. The summed E-state index contributed by atoms with van der Waals surface area (Å²) in [5, 5.41) is 0.952. The standard InChI is InChI=1S/C15H14N2O2S.C9H9NO2S.C7H7Br/c1-16-14-9-6-10-15(11-14)17(20(2,18)19)12-13-7-4-3-5-8-13;1-10-9-5-3-4-8(6-9)7-13(2,11)12;8-6-7-4-2-1-3-5-7/h3-11H,12H2,2H3;3-6H,7H2,2H3;1-5H,6H2. The zero-order valence-electron chi connectivity index (χ0n) is 22.7. The van der Waals surface area contributed by atoms with Gasteiger partial charge in [0.05, 0.1) is 31.7 Å². The average Bonchev–Trinajstić information content (AvgIpc) is 2.96. The second-order valence-electron chi connectivity index (χ2n) is 8.86. The van der Waals surface area contributed by atoms with Crippen molar-refractivity contribution in [3.8, 4) is 0 Å². The molecule has 212 valence electrons. The number of halogens is 1. The first-order chi connectivity index (χ1) is 19.4. The number of nitrogens with zero attached hydrogens (tertiary/aromatic N) is 3. The summed E-state index contributed by atoms with van der Waals surface area (Å²) in [5.41, 5.74) is 4.28. The highest BCUT2D eigenvalue weighted by molar-refractivity contribution is 9.08. The van der Waals surface area contributed by atoms with Gasteiger partial charge in [0.2, 0.25) is 10.0 Å². The fourth-order valence-corrected chi connectivity index (χ4v) is 5.49. The lowest BCUT2D eigenvalue weighted by Gasteiger charge is -2.22. The van der Waals surface area contributed by atoms with Crippen LogP contribution in [-0.2, 0) is 37.5 Å². The van der Waals surface area contributed by atoms with E-state index in [0.29, 0.717) is 22.6 Å². The largest absolute Gasteiger partial charge is 0.267 e. The van der Waals surface area contributed by atoms with Crippen LogP contribution >= 0.6 is 15.9 Å². The molecule has 4 aromatic rings. The van der Waals surface area contributed by atoms with Crippen LogP contribution in [0.1, 0.15) is 16.7 Å². The van der Waals surface area contributed by atoms with Gasteiger partial charge in [-0.3, -0.25) is 4.31 Å². The SMILES string of the molecule is BrCc1ccccc1.[C-]#[N+]c1cccc(CS(C)(=O)=O)c1.[C-]#[N+]c1cccc(N(Cc2ccccc2)S(C)(=O)=O)c1. The van der Waals surface area contributed by atoms with Crippen LogP contribution < -0.4 is 4.31 Å². The van der Waals surface area contributed by atoms with Crippen molar-refractivity contribution in [3.05, 3.63) is 149 Å². The Morgan fingerprint density at radius 2 is 1.15 bits per heavy atom. The molecule has 0 aliphatic rings. The molecule has 7 nitrogen and oxygen atoms in total. The van der Waals surface area contributed by atoms with E-state index in [1.165, 1.54) is 22.4 Å².